The highest BCUT2D eigenvalue weighted by atomic mass is 16.5. The maximum Gasteiger partial charge on any atom is 0.255 e. The monoisotopic (exact) mass is 473 g/mol. The van der Waals surface area contributed by atoms with Crippen LogP contribution in [0.1, 0.15) is 56.4 Å². The second kappa shape index (κ2) is 7.77. The lowest BCUT2D eigenvalue weighted by molar-refractivity contribution is -0.166. The van der Waals surface area contributed by atoms with E-state index in [0.29, 0.717) is 18.0 Å². The summed E-state index contributed by atoms with van der Waals surface area (Å²) in [6.07, 6.45) is 1.97. The molecule has 1 saturated heterocycles. The van der Waals surface area contributed by atoms with Gasteiger partial charge in [0.05, 0.1) is 18.9 Å². The molecule has 7 heteroatoms. The van der Waals surface area contributed by atoms with Gasteiger partial charge in [0.2, 0.25) is 5.91 Å². The Balaban J connectivity index is 1.53. The van der Waals surface area contributed by atoms with E-state index in [-0.39, 0.29) is 36.4 Å². The Labute approximate surface area is 205 Å². The second-order valence-corrected chi connectivity index (χ2v) is 10.3. The molecule has 0 bridgehead atoms. The van der Waals surface area contributed by atoms with E-state index >= 15 is 0 Å². The number of methoxy groups -OCH3 is 1. The molecule has 3 heterocycles. The average Bonchev–Trinajstić information content (AvgIpc) is 3.61. The van der Waals surface area contributed by atoms with Crippen LogP contribution in [-0.4, -0.2) is 58.9 Å². The van der Waals surface area contributed by atoms with Crippen molar-refractivity contribution >= 4 is 22.7 Å². The van der Waals surface area contributed by atoms with Crippen LogP contribution in [-0.2, 0) is 15.1 Å². The van der Waals surface area contributed by atoms with Gasteiger partial charge in [-0.15, -0.1) is 0 Å². The van der Waals surface area contributed by atoms with Crippen LogP contribution < -0.4 is 9.47 Å². The molecule has 1 aromatic heterocycles. The summed E-state index contributed by atoms with van der Waals surface area (Å²) in [5.74, 6) is 1.26. The number of aromatic nitrogens is 1. The lowest BCUT2D eigenvalue weighted by atomic mass is 9.76. The van der Waals surface area contributed by atoms with Crippen molar-refractivity contribution in [3.05, 3.63) is 59.3 Å². The Kier molecular flexibility index (Phi) is 4.88. The zero-order valence-electron chi connectivity index (χ0n) is 20.6. The third-order valence-corrected chi connectivity index (χ3v) is 7.71. The fraction of sp³-hybridized carbons (Fsp3) is 0.429. The first-order valence-electron chi connectivity index (χ1n) is 12.4. The summed E-state index contributed by atoms with van der Waals surface area (Å²) in [5, 5.41) is 1.08. The molecule has 0 spiro atoms. The van der Waals surface area contributed by atoms with Crippen LogP contribution in [0.15, 0.2) is 42.5 Å². The summed E-state index contributed by atoms with van der Waals surface area (Å²) in [6, 6.07) is 14.3. The number of amides is 2. The molecular weight excluding hydrogens is 442 g/mol. The number of nitrogens with one attached hydrogen (secondary N) is 1. The number of carbonyl (C=O) groups is 2. The van der Waals surface area contributed by atoms with Gasteiger partial charge in [0, 0.05) is 29.4 Å². The largest absolute Gasteiger partial charge is 0.493 e. The van der Waals surface area contributed by atoms with Crippen molar-refractivity contribution < 1.29 is 19.1 Å². The van der Waals surface area contributed by atoms with E-state index in [1.165, 1.54) is 0 Å². The van der Waals surface area contributed by atoms with Gasteiger partial charge in [0.25, 0.3) is 5.91 Å². The standard InChI is InChI=1S/C28H31N3O4/c1-16(2)35-22-12-9-17(13-23(22)34-4)20-14-31-24(32)15-30(18-10-11-18)27(33)28(31,3)26-25(20)19-7-5-6-8-21(19)29-26/h5-9,12-13,16,18,20,29H,10-11,14-15H2,1-4H3/t20?,28-/m0/s1. The molecule has 7 nitrogen and oxygen atoms in total. The van der Waals surface area contributed by atoms with E-state index < -0.39 is 5.54 Å². The third-order valence-electron chi connectivity index (χ3n) is 7.71. The van der Waals surface area contributed by atoms with Gasteiger partial charge in [0.1, 0.15) is 6.54 Å². The average molecular weight is 474 g/mol. The fourth-order valence-corrected chi connectivity index (χ4v) is 5.86. The second-order valence-electron chi connectivity index (χ2n) is 10.3. The maximum atomic E-state index is 13.9. The van der Waals surface area contributed by atoms with Crippen molar-refractivity contribution in [1.29, 1.82) is 0 Å². The summed E-state index contributed by atoms with van der Waals surface area (Å²) in [6.45, 7) is 6.47. The van der Waals surface area contributed by atoms with Crippen molar-refractivity contribution in [3.63, 3.8) is 0 Å². The number of nitrogens with zero attached hydrogens (tertiary/aromatic N) is 2. The first-order valence-corrected chi connectivity index (χ1v) is 12.4. The minimum absolute atomic E-state index is 0.0000300. The number of aromatic amines is 1. The first kappa shape index (κ1) is 22.0. The minimum atomic E-state index is -1.05. The predicted molar refractivity (Wildman–Crippen MR) is 133 cm³/mol. The molecule has 6 rings (SSSR count). The Morgan fingerprint density at radius 3 is 2.57 bits per heavy atom. The highest BCUT2D eigenvalue weighted by Crippen LogP contribution is 2.50. The normalized spacial score (nSPS) is 24.1. The third kappa shape index (κ3) is 3.24. The number of para-hydroxylation sites is 1. The number of H-pyrrole nitrogens is 1. The topological polar surface area (TPSA) is 74.9 Å². The number of ether oxygens (including phenoxy) is 2. The van der Waals surface area contributed by atoms with Crippen molar-refractivity contribution in [1.82, 2.24) is 14.8 Å². The van der Waals surface area contributed by atoms with Gasteiger partial charge in [0.15, 0.2) is 17.0 Å². The highest BCUT2D eigenvalue weighted by molar-refractivity contribution is 6.01. The Bertz CT molecular complexity index is 1340. The Morgan fingerprint density at radius 2 is 1.86 bits per heavy atom. The van der Waals surface area contributed by atoms with E-state index in [0.717, 1.165) is 40.6 Å². The summed E-state index contributed by atoms with van der Waals surface area (Å²) in [7, 11) is 1.64. The zero-order chi connectivity index (χ0) is 24.5. The maximum absolute atomic E-state index is 13.9. The number of carbonyl (C=O) groups excluding carboxylic acids is 2. The lowest BCUT2D eigenvalue weighted by Crippen LogP contribution is -2.67. The van der Waals surface area contributed by atoms with Crippen LogP contribution in [0.2, 0.25) is 0 Å². The smallest absolute Gasteiger partial charge is 0.255 e. The van der Waals surface area contributed by atoms with Crippen LogP contribution in [0.25, 0.3) is 10.9 Å². The Morgan fingerprint density at radius 1 is 1.09 bits per heavy atom. The molecule has 3 aliphatic rings. The zero-order valence-corrected chi connectivity index (χ0v) is 20.6. The van der Waals surface area contributed by atoms with E-state index in [9.17, 15) is 9.59 Å². The first-order chi connectivity index (χ1) is 16.8. The lowest BCUT2D eigenvalue weighted by Gasteiger charge is -2.51. The summed E-state index contributed by atoms with van der Waals surface area (Å²) in [4.78, 5) is 34.6. The minimum Gasteiger partial charge on any atom is -0.493 e. The summed E-state index contributed by atoms with van der Waals surface area (Å²) in [5.41, 5.74) is 2.85. The molecule has 2 aromatic carbocycles. The van der Waals surface area contributed by atoms with Crippen LogP contribution >= 0.6 is 0 Å². The summed E-state index contributed by atoms with van der Waals surface area (Å²) >= 11 is 0. The van der Waals surface area contributed by atoms with Crippen molar-refractivity contribution in [3.8, 4) is 11.5 Å². The number of benzene rings is 2. The molecule has 1 N–H and O–H groups in total. The number of hydrogen-bond acceptors (Lipinski definition) is 4. The van der Waals surface area contributed by atoms with Gasteiger partial charge in [-0.05, 0) is 62.9 Å². The number of rotatable bonds is 5. The molecule has 2 fully saturated rings. The van der Waals surface area contributed by atoms with Gasteiger partial charge in [-0.1, -0.05) is 24.3 Å². The fourth-order valence-electron chi connectivity index (χ4n) is 5.86. The highest BCUT2D eigenvalue weighted by Gasteiger charge is 2.58. The van der Waals surface area contributed by atoms with E-state index in [1.54, 1.807) is 16.9 Å². The van der Waals surface area contributed by atoms with Crippen LogP contribution in [0.4, 0.5) is 0 Å². The molecule has 1 saturated carbocycles. The van der Waals surface area contributed by atoms with Gasteiger partial charge in [-0.3, -0.25) is 9.59 Å². The van der Waals surface area contributed by atoms with Gasteiger partial charge in [-0.2, -0.15) is 0 Å². The van der Waals surface area contributed by atoms with Crippen molar-refractivity contribution in [2.24, 2.45) is 0 Å². The van der Waals surface area contributed by atoms with Crippen LogP contribution in [0.5, 0.6) is 11.5 Å². The van der Waals surface area contributed by atoms with Crippen molar-refractivity contribution in [2.45, 2.75) is 57.2 Å². The predicted octanol–water partition coefficient (Wildman–Crippen LogP) is 4.16. The molecule has 3 aromatic rings. The van der Waals surface area contributed by atoms with E-state index in [2.05, 4.69) is 11.1 Å². The van der Waals surface area contributed by atoms with Gasteiger partial charge >= 0.3 is 0 Å². The Hall–Kier alpha value is -3.48. The van der Waals surface area contributed by atoms with Gasteiger partial charge < -0.3 is 24.3 Å². The van der Waals surface area contributed by atoms with E-state index in [1.807, 2.05) is 57.2 Å². The molecule has 182 valence electrons. The SMILES string of the molecule is COc1cc(C2CN3C(=O)CN(C4CC4)C(=O)[C@]3(C)c3[nH]c4ccccc4c32)ccc1OC(C)C. The molecule has 0 radical (unpaired) electrons. The molecule has 2 aliphatic heterocycles. The van der Waals surface area contributed by atoms with Crippen molar-refractivity contribution in [2.75, 3.05) is 20.2 Å². The molecule has 35 heavy (non-hydrogen) atoms. The van der Waals surface area contributed by atoms with E-state index in [4.69, 9.17) is 9.47 Å². The molecular formula is C28H31N3O4. The van der Waals surface area contributed by atoms with Gasteiger partial charge in [-0.25, -0.2) is 0 Å². The quantitative estimate of drug-likeness (QED) is 0.604. The number of piperazine rings is 1. The van der Waals surface area contributed by atoms with Crippen LogP contribution in [0.3, 0.4) is 0 Å². The molecule has 1 aliphatic carbocycles. The molecule has 2 atom stereocenters. The summed E-state index contributed by atoms with van der Waals surface area (Å²) < 4.78 is 11.6. The van der Waals surface area contributed by atoms with Crippen LogP contribution in [0, 0.1) is 0 Å². The number of fused-ring (bicyclic) bond motifs is 5. The number of hydrogen-bond donors (Lipinski definition) is 1. The molecule has 1 unspecified atom stereocenters. The molecule has 2 amide bonds.